The summed E-state index contributed by atoms with van der Waals surface area (Å²) in [7, 11) is 0. The highest BCUT2D eigenvalue weighted by Gasteiger charge is 2.12. The monoisotopic (exact) mass is 299 g/mol. The number of rotatable bonds is 5. The Hall–Kier alpha value is -3.03. The molecule has 0 aliphatic rings. The molecule has 8 heteroatoms. The van der Waals surface area contributed by atoms with Crippen LogP contribution in [0.5, 0.6) is 0 Å². The van der Waals surface area contributed by atoms with Gasteiger partial charge in [-0.25, -0.2) is 9.67 Å². The van der Waals surface area contributed by atoms with Crippen molar-refractivity contribution in [3.63, 3.8) is 0 Å². The highest BCUT2D eigenvalue weighted by Crippen LogP contribution is 2.08. The minimum atomic E-state index is -0.946. The van der Waals surface area contributed by atoms with Crippen molar-refractivity contribution in [1.82, 2.24) is 25.0 Å². The second kappa shape index (κ2) is 5.76. The molecule has 0 aliphatic heterocycles. The summed E-state index contributed by atoms with van der Waals surface area (Å²) in [5, 5.41) is 16.5. The number of hydrogen-bond acceptors (Lipinski definition) is 5. The van der Waals surface area contributed by atoms with Crippen molar-refractivity contribution in [3.8, 4) is 0 Å². The topological polar surface area (TPSA) is 114 Å². The van der Waals surface area contributed by atoms with E-state index < -0.39 is 11.5 Å². The number of aliphatic carboxylic acids is 1. The standard InChI is InChI=1S/C14H13N5O3/c20-11(21)7-6-10-15-13-12(14(22)16-10)17-18-19(13)8-9-4-2-1-3-5-9/h1-5H,6-8H2,(H,20,21)(H,15,16,22). The summed E-state index contributed by atoms with van der Waals surface area (Å²) in [6.07, 6.45) is 0.0473. The Morgan fingerprint density at radius 3 is 2.77 bits per heavy atom. The maximum Gasteiger partial charge on any atom is 0.303 e. The lowest BCUT2D eigenvalue weighted by Gasteiger charge is -2.03. The number of benzene rings is 1. The van der Waals surface area contributed by atoms with Crippen LogP contribution in [0.1, 0.15) is 17.8 Å². The average Bonchev–Trinajstić information content (AvgIpc) is 2.90. The second-order valence-electron chi connectivity index (χ2n) is 4.81. The van der Waals surface area contributed by atoms with Crippen molar-refractivity contribution < 1.29 is 9.90 Å². The molecule has 0 saturated carbocycles. The molecule has 112 valence electrons. The predicted molar refractivity (Wildman–Crippen MR) is 77.4 cm³/mol. The first-order valence-electron chi connectivity index (χ1n) is 6.71. The summed E-state index contributed by atoms with van der Waals surface area (Å²) in [4.78, 5) is 29.4. The average molecular weight is 299 g/mol. The van der Waals surface area contributed by atoms with Crippen LogP contribution in [0.25, 0.3) is 11.2 Å². The first kappa shape index (κ1) is 13.9. The minimum absolute atomic E-state index is 0.102. The molecule has 2 N–H and O–H groups in total. The molecule has 0 aliphatic carbocycles. The molecule has 0 unspecified atom stereocenters. The van der Waals surface area contributed by atoms with E-state index in [0.717, 1.165) is 5.56 Å². The largest absolute Gasteiger partial charge is 0.481 e. The van der Waals surface area contributed by atoms with Gasteiger partial charge >= 0.3 is 5.97 Å². The normalized spacial score (nSPS) is 10.9. The smallest absolute Gasteiger partial charge is 0.303 e. The van der Waals surface area contributed by atoms with Gasteiger partial charge in [0.1, 0.15) is 5.82 Å². The summed E-state index contributed by atoms with van der Waals surface area (Å²) in [5.74, 6) is -0.629. The van der Waals surface area contributed by atoms with Gasteiger partial charge in [0.25, 0.3) is 5.56 Å². The van der Waals surface area contributed by atoms with Gasteiger partial charge < -0.3 is 10.1 Å². The number of nitrogens with zero attached hydrogens (tertiary/aromatic N) is 4. The lowest BCUT2D eigenvalue weighted by atomic mass is 10.2. The van der Waals surface area contributed by atoms with Crippen molar-refractivity contribution in [2.75, 3.05) is 0 Å². The van der Waals surface area contributed by atoms with Gasteiger partial charge in [0, 0.05) is 6.42 Å². The van der Waals surface area contributed by atoms with Gasteiger partial charge in [0.15, 0.2) is 11.2 Å². The summed E-state index contributed by atoms with van der Waals surface area (Å²) >= 11 is 0. The van der Waals surface area contributed by atoms with Crippen molar-refractivity contribution in [2.45, 2.75) is 19.4 Å². The van der Waals surface area contributed by atoms with Gasteiger partial charge in [-0.05, 0) is 5.56 Å². The maximum absolute atomic E-state index is 12.0. The van der Waals surface area contributed by atoms with Crippen LogP contribution >= 0.6 is 0 Å². The SMILES string of the molecule is O=C(O)CCc1nc2c(nnn2Cc2ccccc2)c(=O)[nH]1. The third-order valence-corrected chi connectivity index (χ3v) is 3.17. The van der Waals surface area contributed by atoms with E-state index in [4.69, 9.17) is 5.11 Å². The van der Waals surface area contributed by atoms with E-state index in [1.807, 2.05) is 30.3 Å². The summed E-state index contributed by atoms with van der Waals surface area (Å²) in [6, 6.07) is 9.61. The molecule has 0 atom stereocenters. The molecule has 0 saturated heterocycles. The zero-order chi connectivity index (χ0) is 15.5. The van der Waals surface area contributed by atoms with Crippen LogP contribution in [0, 0.1) is 0 Å². The zero-order valence-corrected chi connectivity index (χ0v) is 11.6. The van der Waals surface area contributed by atoms with Crippen LogP contribution in [0.4, 0.5) is 0 Å². The van der Waals surface area contributed by atoms with Crippen LogP contribution in [0.3, 0.4) is 0 Å². The minimum Gasteiger partial charge on any atom is -0.481 e. The van der Waals surface area contributed by atoms with Gasteiger partial charge in [0.2, 0.25) is 0 Å². The van der Waals surface area contributed by atoms with Crippen molar-refractivity contribution in [1.29, 1.82) is 0 Å². The van der Waals surface area contributed by atoms with E-state index in [1.165, 1.54) is 4.68 Å². The van der Waals surface area contributed by atoms with Crippen LogP contribution in [0.2, 0.25) is 0 Å². The van der Waals surface area contributed by atoms with E-state index in [9.17, 15) is 9.59 Å². The molecule has 0 amide bonds. The Balaban J connectivity index is 1.97. The third kappa shape index (κ3) is 2.85. The molecule has 0 spiro atoms. The van der Waals surface area contributed by atoms with Crippen LogP contribution < -0.4 is 5.56 Å². The molecule has 8 nitrogen and oxygen atoms in total. The van der Waals surface area contributed by atoms with Gasteiger partial charge in [-0.15, -0.1) is 5.10 Å². The number of aromatic nitrogens is 5. The van der Waals surface area contributed by atoms with Crippen molar-refractivity contribution >= 4 is 17.1 Å². The first-order chi connectivity index (χ1) is 10.6. The Bertz CT molecular complexity index is 869. The highest BCUT2D eigenvalue weighted by molar-refractivity contribution is 5.69. The number of aromatic amines is 1. The number of nitrogens with one attached hydrogen (secondary N) is 1. The van der Waals surface area contributed by atoms with E-state index in [-0.39, 0.29) is 18.4 Å². The molecule has 0 bridgehead atoms. The molecule has 3 aromatic rings. The molecule has 0 fully saturated rings. The Morgan fingerprint density at radius 2 is 2.05 bits per heavy atom. The molecule has 0 radical (unpaired) electrons. The van der Waals surface area contributed by atoms with E-state index >= 15 is 0 Å². The Morgan fingerprint density at radius 1 is 1.27 bits per heavy atom. The van der Waals surface area contributed by atoms with E-state index in [1.54, 1.807) is 0 Å². The summed E-state index contributed by atoms with van der Waals surface area (Å²) in [5.41, 5.74) is 1.09. The molecule has 3 rings (SSSR count). The molecule has 1 aromatic carbocycles. The van der Waals surface area contributed by atoms with Gasteiger partial charge in [-0.1, -0.05) is 35.5 Å². The molecule has 2 aromatic heterocycles. The van der Waals surface area contributed by atoms with Gasteiger partial charge in [0.05, 0.1) is 13.0 Å². The van der Waals surface area contributed by atoms with E-state index in [0.29, 0.717) is 18.0 Å². The number of carbonyl (C=O) groups is 1. The Kier molecular flexibility index (Phi) is 3.65. The van der Waals surface area contributed by atoms with E-state index in [2.05, 4.69) is 20.3 Å². The summed E-state index contributed by atoms with van der Waals surface area (Å²) in [6.45, 7) is 0.437. The highest BCUT2D eigenvalue weighted by atomic mass is 16.4. The predicted octanol–water partition coefficient (Wildman–Crippen LogP) is 0.580. The number of fused-ring (bicyclic) bond motifs is 1. The molecule has 22 heavy (non-hydrogen) atoms. The molecular weight excluding hydrogens is 286 g/mol. The number of carboxylic acid groups (broad SMARTS) is 1. The second-order valence-corrected chi connectivity index (χ2v) is 4.81. The Labute approximate surface area is 124 Å². The number of aryl methyl sites for hydroxylation is 1. The lowest BCUT2D eigenvalue weighted by Crippen LogP contribution is -2.14. The number of hydrogen-bond donors (Lipinski definition) is 2. The number of carboxylic acids is 1. The van der Waals surface area contributed by atoms with Crippen LogP contribution in [0.15, 0.2) is 35.1 Å². The molecule has 2 heterocycles. The number of H-pyrrole nitrogens is 1. The summed E-state index contributed by atoms with van der Waals surface area (Å²) < 4.78 is 1.53. The van der Waals surface area contributed by atoms with Gasteiger partial charge in [-0.3, -0.25) is 9.59 Å². The van der Waals surface area contributed by atoms with Crippen molar-refractivity contribution in [2.24, 2.45) is 0 Å². The fourth-order valence-corrected chi connectivity index (χ4v) is 2.12. The van der Waals surface area contributed by atoms with Crippen LogP contribution in [-0.2, 0) is 17.8 Å². The third-order valence-electron chi connectivity index (χ3n) is 3.17. The maximum atomic E-state index is 12.0. The lowest BCUT2D eigenvalue weighted by molar-refractivity contribution is -0.137. The fraction of sp³-hybridized carbons (Fsp3) is 0.214. The quantitative estimate of drug-likeness (QED) is 0.712. The molecular formula is C14H13N5O3. The van der Waals surface area contributed by atoms with Crippen molar-refractivity contribution in [3.05, 3.63) is 52.1 Å². The zero-order valence-electron chi connectivity index (χ0n) is 11.6. The fourth-order valence-electron chi connectivity index (χ4n) is 2.12. The van der Waals surface area contributed by atoms with Crippen LogP contribution in [-0.4, -0.2) is 36.0 Å². The first-order valence-corrected chi connectivity index (χ1v) is 6.71. The van der Waals surface area contributed by atoms with Gasteiger partial charge in [-0.2, -0.15) is 0 Å².